The van der Waals surface area contributed by atoms with Crippen molar-refractivity contribution in [1.82, 2.24) is 14.6 Å². The molecule has 0 unspecified atom stereocenters. The summed E-state index contributed by atoms with van der Waals surface area (Å²) in [6, 6.07) is 3.82. The predicted octanol–water partition coefficient (Wildman–Crippen LogP) is 1.68. The van der Waals surface area contributed by atoms with Crippen molar-refractivity contribution >= 4 is 11.7 Å². The molecule has 3 nitrogen and oxygen atoms in total. The Balaban J connectivity index is 2.74. The van der Waals surface area contributed by atoms with Crippen LogP contribution in [0.15, 0.2) is 24.9 Å². The Morgan fingerprint density at radius 3 is 3.17 bits per heavy atom. The highest BCUT2D eigenvalue weighted by atomic mass is 15.2. The van der Waals surface area contributed by atoms with E-state index in [-0.39, 0.29) is 0 Å². The highest BCUT2D eigenvalue weighted by Crippen LogP contribution is 2.04. The Morgan fingerprint density at radius 1 is 1.58 bits per heavy atom. The maximum Gasteiger partial charge on any atom is 0.155 e. The van der Waals surface area contributed by atoms with Crippen molar-refractivity contribution < 1.29 is 0 Å². The zero-order valence-corrected chi connectivity index (χ0v) is 6.86. The average Bonchev–Trinajstić information content (AvgIpc) is 2.43. The minimum Gasteiger partial charge on any atom is -0.229 e. The van der Waals surface area contributed by atoms with Gasteiger partial charge in [0, 0.05) is 12.3 Å². The summed E-state index contributed by atoms with van der Waals surface area (Å²) in [6.07, 6.45) is 3.61. The van der Waals surface area contributed by atoms with Gasteiger partial charge in [0.2, 0.25) is 0 Å². The maximum absolute atomic E-state index is 4.30. The van der Waals surface area contributed by atoms with Crippen molar-refractivity contribution in [1.29, 1.82) is 0 Å². The van der Waals surface area contributed by atoms with Crippen LogP contribution in [-0.2, 0) is 0 Å². The van der Waals surface area contributed by atoms with E-state index in [9.17, 15) is 0 Å². The molecule has 0 aliphatic carbocycles. The fourth-order valence-corrected chi connectivity index (χ4v) is 1.13. The van der Waals surface area contributed by atoms with Crippen molar-refractivity contribution in [3.8, 4) is 0 Å². The molecular formula is C9H9N3. The third kappa shape index (κ3) is 0.993. The third-order valence-electron chi connectivity index (χ3n) is 1.68. The molecule has 3 heteroatoms. The van der Waals surface area contributed by atoms with Crippen LogP contribution in [-0.4, -0.2) is 14.6 Å². The van der Waals surface area contributed by atoms with Crippen LogP contribution >= 0.6 is 0 Å². The lowest BCUT2D eigenvalue weighted by Crippen LogP contribution is -1.90. The summed E-state index contributed by atoms with van der Waals surface area (Å²) in [7, 11) is 0. The van der Waals surface area contributed by atoms with Gasteiger partial charge in [-0.1, -0.05) is 6.58 Å². The van der Waals surface area contributed by atoms with Gasteiger partial charge in [0.1, 0.15) is 0 Å². The molecule has 60 valence electrons. The Kier molecular flexibility index (Phi) is 1.43. The quantitative estimate of drug-likeness (QED) is 0.633. The fourth-order valence-electron chi connectivity index (χ4n) is 1.13. The number of nitrogens with zero attached hydrogens (tertiary/aromatic N) is 3. The molecule has 0 aliphatic heterocycles. The van der Waals surface area contributed by atoms with Crippen LogP contribution in [0.1, 0.15) is 11.4 Å². The second-order valence-corrected chi connectivity index (χ2v) is 2.65. The van der Waals surface area contributed by atoms with Crippen LogP contribution in [0.2, 0.25) is 0 Å². The molecule has 2 rings (SSSR count). The van der Waals surface area contributed by atoms with Crippen LogP contribution in [0, 0.1) is 6.92 Å². The zero-order chi connectivity index (χ0) is 8.55. The van der Waals surface area contributed by atoms with Crippen LogP contribution in [0.4, 0.5) is 0 Å². The maximum atomic E-state index is 4.30. The summed E-state index contributed by atoms with van der Waals surface area (Å²) < 4.78 is 1.75. The van der Waals surface area contributed by atoms with Gasteiger partial charge in [-0.05, 0) is 19.1 Å². The number of hydrogen-bond acceptors (Lipinski definition) is 2. The summed E-state index contributed by atoms with van der Waals surface area (Å²) in [6.45, 7) is 5.60. The molecule has 0 fully saturated rings. The third-order valence-corrected chi connectivity index (χ3v) is 1.68. The molecule has 0 spiro atoms. The van der Waals surface area contributed by atoms with Crippen molar-refractivity contribution in [2.45, 2.75) is 6.92 Å². The summed E-state index contributed by atoms with van der Waals surface area (Å²) in [5, 5.41) is 4.21. The van der Waals surface area contributed by atoms with Crippen LogP contribution in [0.5, 0.6) is 0 Å². The topological polar surface area (TPSA) is 30.2 Å². The Hall–Kier alpha value is -1.64. The number of aryl methyl sites for hydroxylation is 1. The van der Waals surface area contributed by atoms with Crippen LogP contribution in [0.3, 0.4) is 0 Å². The van der Waals surface area contributed by atoms with Gasteiger partial charge in [0.25, 0.3) is 0 Å². The predicted molar refractivity (Wildman–Crippen MR) is 47.8 cm³/mol. The van der Waals surface area contributed by atoms with Crippen molar-refractivity contribution in [3.05, 3.63) is 36.3 Å². The van der Waals surface area contributed by atoms with Gasteiger partial charge in [0.15, 0.2) is 5.65 Å². The fraction of sp³-hybridized carbons (Fsp3) is 0.111. The molecule has 0 aromatic carbocycles. The molecule has 0 radical (unpaired) electrons. The lowest BCUT2D eigenvalue weighted by atomic mass is 10.4. The number of hydrogen-bond donors (Lipinski definition) is 0. The molecular weight excluding hydrogens is 150 g/mol. The first-order chi connectivity index (χ1) is 5.79. The van der Waals surface area contributed by atoms with Gasteiger partial charge >= 0.3 is 0 Å². The molecule has 0 saturated heterocycles. The second-order valence-electron chi connectivity index (χ2n) is 2.65. The lowest BCUT2D eigenvalue weighted by molar-refractivity contribution is 0.915. The molecule has 0 aliphatic rings. The van der Waals surface area contributed by atoms with Gasteiger partial charge in [-0.2, -0.15) is 5.10 Å². The summed E-state index contributed by atoms with van der Waals surface area (Å²) in [5.41, 5.74) is 2.72. The van der Waals surface area contributed by atoms with Gasteiger partial charge in [-0.25, -0.2) is 9.50 Å². The molecule has 0 atom stereocenters. The number of fused-ring (bicyclic) bond motifs is 1. The largest absolute Gasteiger partial charge is 0.229 e. The normalized spacial score (nSPS) is 10.4. The van der Waals surface area contributed by atoms with E-state index in [1.807, 2.05) is 25.3 Å². The van der Waals surface area contributed by atoms with E-state index in [0.29, 0.717) is 0 Å². The Morgan fingerprint density at radius 2 is 2.42 bits per heavy atom. The van der Waals surface area contributed by atoms with Gasteiger partial charge in [-0.15, -0.1) is 0 Å². The van der Waals surface area contributed by atoms with E-state index in [0.717, 1.165) is 17.0 Å². The van der Waals surface area contributed by atoms with E-state index in [4.69, 9.17) is 0 Å². The standard InChI is InChI=1S/C9H9N3/c1-3-8-4-5-12-9(10-8)6-7(2)11-12/h3-6H,1H2,2H3. The smallest absolute Gasteiger partial charge is 0.155 e. The monoisotopic (exact) mass is 159 g/mol. The summed E-state index contributed by atoms with van der Waals surface area (Å²) >= 11 is 0. The van der Waals surface area contributed by atoms with Gasteiger partial charge in [-0.3, -0.25) is 0 Å². The van der Waals surface area contributed by atoms with Crippen molar-refractivity contribution in [3.63, 3.8) is 0 Å². The van der Waals surface area contributed by atoms with Crippen molar-refractivity contribution in [2.75, 3.05) is 0 Å². The highest BCUT2D eigenvalue weighted by molar-refractivity contribution is 5.47. The molecule has 2 aromatic rings. The zero-order valence-electron chi connectivity index (χ0n) is 6.86. The summed E-state index contributed by atoms with van der Waals surface area (Å²) in [4.78, 5) is 4.30. The number of rotatable bonds is 1. The molecule has 0 N–H and O–H groups in total. The first-order valence-electron chi connectivity index (χ1n) is 3.75. The number of aromatic nitrogens is 3. The molecule has 0 bridgehead atoms. The average molecular weight is 159 g/mol. The van der Waals surface area contributed by atoms with E-state index in [1.165, 1.54) is 0 Å². The molecule has 2 heterocycles. The van der Waals surface area contributed by atoms with E-state index < -0.39 is 0 Å². The minimum atomic E-state index is 0.866. The second kappa shape index (κ2) is 2.44. The van der Waals surface area contributed by atoms with Crippen LogP contribution < -0.4 is 0 Å². The minimum absolute atomic E-state index is 0.866. The van der Waals surface area contributed by atoms with Gasteiger partial charge < -0.3 is 0 Å². The Bertz CT molecular complexity index is 428. The molecule has 2 aromatic heterocycles. The first-order valence-corrected chi connectivity index (χ1v) is 3.75. The molecule has 12 heavy (non-hydrogen) atoms. The van der Waals surface area contributed by atoms with E-state index in [2.05, 4.69) is 16.7 Å². The molecule has 0 saturated carbocycles. The van der Waals surface area contributed by atoms with Crippen LogP contribution in [0.25, 0.3) is 11.7 Å². The van der Waals surface area contributed by atoms with E-state index >= 15 is 0 Å². The first kappa shape index (κ1) is 7.03. The van der Waals surface area contributed by atoms with Gasteiger partial charge in [0.05, 0.1) is 11.4 Å². The summed E-state index contributed by atoms with van der Waals surface area (Å²) in [5.74, 6) is 0. The SMILES string of the molecule is C=Cc1ccn2nc(C)cc2n1. The Labute approximate surface area is 70.4 Å². The van der Waals surface area contributed by atoms with Crippen molar-refractivity contribution in [2.24, 2.45) is 0 Å². The lowest BCUT2D eigenvalue weighted by Gasteiger charge is -1.92. The van der Waals surface area contributed by atoms with E-state index in [1.54, 1.807) is 10.6 Å². The molecule has 0 amide bonds. The highest BCUT2D eigenvalue weighted by Gasteiger charge is 1.97.